The first-order chi connectivity index (χ1) is 15.3. The van der Waals surface area contributed by atoms with Gasteiger partial charge >= 0.3 is 5.97 Å². The number of amides is 1. The molecule has 0 radical (unpaired) electrons. The zero-order valence-electron chi connectivity index (χ0n) is 18.5. The number of rotatable bonds is 9. The van der Waals surface area contributed by atoms with Crippen molar-refractivity contribution >= 4 is 38.1 Å². The number of carbonyl (C=O) groups excluding carboxylic acids is 2. The number of sulfone groups is 1. The molecule has 2 aromatic rings. The zero-order chi connectivity index (χ0) is 23.3. The summed E-state index contributed by atoms with van der Waals surface area (Å²) in [5.74, 6) is -0.742. The molecule has 10 heteroatoms. The number of nitrogens with one attached hydrogen (secondary N) is 1. The molecular formula is C22H28N2O6S2. The van der Waals surface area contributed by atoms with Gasteiger partial charge in [0.25, 0.3) is 0 Å². The van der Waals surface area contributed by atoms with Gasteiger partial charge in [0.2, 0.25) is 5.91 Å². The second-order valence-corrected chi connectivity index (χ2v) is 10.7. The summed E-state index contributed by atoms with van der Waals surface area (Å²) in [7, 11) is -0.820. The summed E-state index contributed by atoms with van der Waals surface area (Å²) in [5.41, 5.74) is 1.30. The Labute approximate surface area is 192 Å². The van der Waals surface area contributed by atoms with Crippen LogP contribution in [0.3, 0.4) is 0 Å². The summed E-state index contributed by atoms with van der Waals surface area (Å²) < 4.78 is 35.1. The van der Waals surface area contributed by atoms with Crippen molar-refractivity contribution in [3.05, 3.63) is 40.3 Å². The van der Waals surface area contributed by atoms with Crippen molar-refractivity contribution in [1.29, 1.82) is 0 Å². The molecule has 0 atom stereocenters. The summed E-state index contributed by atoms with van der Waals surface area (Å²) in [6, 6.07) is 6.04. The topological polar surface area (TPSA) is 102 Å². The van der Waals surface area contributed by atoms with Crippen molar-refractivity contribution in [3.8, 4) is 5.75 Å². The SMILES string of the molecule is CCCN1CCc2c(sc(NC(=O)CCS(=O)(=O)c3ccc(OC)cc3)c2C(=O)OC)C1. The van der Waals surface area contributed by atoms with E-state index in [-0.39, 0.29) is 17.1 Å². The zero-order valence-corrected chi connectivity index (χ0v) is 20.1. The van der Waals surface area contributed by atoms with E-state index < -0.39 is 21.7 Å². The number of esters is 1. The molecule has 1 aliphatic rings. The van der Waals surface area contributed by atoms with Crippen molar-refractivity contribution in [1.82, 2.24) is 4.90 Å². The predicted molar refractivity (Wildman–Crippen MR) is 123 cm³/mol. The summed E-state index contributed by atoms with van der Waals surface area (Å²) in [6.45, 7) is 4.65. The van der Waals surface area contributed by atoms with Crippen molar-refractivity contribution in [2.45, 2.75) is 37.6 Å². The highest BCUT2D eigenvalue weighted by Gasteiger charge is 2.29. The molecule has 1 aromatic heterocycles. The van der Waals surface area contributed by atoms with E-state index in [0.29, 0.717) is 22.7 Å². The van der Waals surface area contributed by atoms with E-state index in [0.717, 1.165) is 36.5 Å². The lowest BCUT2D eigenvalue weighted by Gasteiger charge is -2.26. The Bertz CT molecular complexity index is 1080. The van der Waals surface area contributed by atoms with Crippen LogP contribution >= 0.6 is 11.3 Å². The van der Waals surface area contributed by atoms with Gasteiger partial charge in [-0.05, 0) is 49.2 Å². The third kappa shape index (κ3) is 5.48. The number of hydrogen-bond donors (Lipinski definition) is 1. The lowest BCUT2D eigenvalue weighted by molar-refractivity contribution is -0.115. The molecule has 1 aliphatic heterocycles. The molecule has 0 aliphatic carbocycles. The van der Waals surface area contributed by atoms with Gasteiger partial charge in [0.05, 0.1) is 30.4 Å². The van der Waals surface area contributed by atoms with E-state index in [2.05, 4.69) is 17.1 Å². The fraction of sp³-hybridized carbons (Fsp3) is 0.455. The highest BCUT2D eigenvalue weighted by atomic mass is 32.2. The van der Waals surface area contributed by atoms with E-state index in [1.54, 1.807) is 12.1 Å². The molecule has 8 nitrogen and oxygen atoms in total. The van der Waals surface area contributed by atoms with Gasteiger partial charge in [0.15, 0.2) is 9.84 Å². The largest absolute Gasteiger partial charge is 0.497 e. The first kappa shape index (κ1) is 24.2. The average molecular weight is 481 g/mol. The van der Waals surface area contributed by atoms with E-state index in [1.165, 1.54) is 37.7 Å². The fourth-order valence-electron chi connectivity index (χ4n) is 3.69. The van der Waals surface area contributed by atoms with Crippen molar-refractivity contribution in [2.75, 3.05) is 38.4 Å². The van der Waals surface area contributed by atoms with Crippen LogP contribution in [0.25, 0.3) is 0 Å². The Morgan fingerprint density at radius 3 is 2.53 bits per heavy atom. The van der Waals surface area contributed by atoms with E-state index >= 15 is 0 Å². The van der Waals surface area contributed by atoms with Gasteiger partial charge in [-0.25, -0.2) is 13.2 Å². The Kier molecular flexibility index (Phi) is 7.91. The number of thiophene rings is 1. The standard InChI is InChI=1S/C22H28N2O6S2/c1-4-11-24-12-9-17-18(14-24)31-21(20(17)22(26)30-3)23-19(25)10-13-32(27,28)16-7-5-15(29-2)6-8-16/h5-8H,4,9-14H2,1-3H3,(H,23,25). The highest BCUT2D eigenvalue weighted by molar-refractivity contribution is 7.91. The lowest BCUT2D eigenvalue weighted by Crippen LogP contribution is -2.30. The van der Waals surface area contributed by atoms with Gasteiger partial charge in [0, 0.05) is 24.4 Å². The van der Waals surface area contributed by atoms with Crippen LogP contribution in [0, 0.1) is 0 Å². The number of nitrogens with zero attached hydrogens (tertiary/aromatic N) is 1. The van der Waals surface area contributed by atoms with Crippen molar-refractivity contribution in [3.63, 3.8) is 0 Å². The maximum atomic E-state index is 12.6. The number of anilines is 1. The molecule has 2 heterocycles. The molecule has 0 unspecified atom stereocenters. The van der Waals surface area contributed by atoms with Crippen molar-refractivity contribution < 1.29 is 27.5 Å². The molecule has 1 N–H and O–H groups in total. The number of methoxy groups -OCH3 is 2. The van der Waals surface area contributed by atoms with Crippen LogP contribution in [0.1, 0.15) is 40.6 Å². The van der Waals surface area contributed by atoms with Gasteiger partial charge in [0.1, 0.15) is 10.8 Å². The second kappa shape index (κ2) is 10.5. The summed E-state index contributed by atoms with van der Waals surface area (Å²) in [5, 5.41) is 3.17. The molecule has 0 saturated carbocycles. The molecule has 32 heavy (non-hydrogen) atoms. The third-order valence-corrected chi connectivity index (χ3v) is 8.20. The summed E-state index contributed by atoms with van der Waals surface area (Å²) in [4.78, 5) is 28.5. The van der Waals surface area contributed by atoms with E-state index in [4.69, 9.17) is 9.47 Å². The average Bonchev–Trinajstić information content (AvgIpc) is 3.14. The smallest absolute Gasteiger partial charge is 0.341 e. The monoisotopic (exact) mass is 480 g/mol. The Morgan fingerprint density at radius 1 is 1.19 bits per heavy atom. The molecule has 1 aromatic carbocycles. The molecule has 0 saturated heterocycles. The van der Waals surface area contributed by atoms with Gasteiger partial charge in [-0.3, -0.25) is 9.69 Å². The molecule has 0 bridgehead atoms. The Morgan fingerprint density at radius 2 is 1.91 bits per heavy atom. The quantitative estimate of drug-likeness (QED) is 0.550. The van der Waals surface area contributed by atoms with Gasteiger partial charge < -0.3 is 14.8 Å². The van der Waals surface area contributed by atoms with Crippen molar-refractivity contribution in [2.24, 2.45) is 0 Å². The molecule has 174 valence electrons. The van der Waals surface area contributed by atoms with Gasteiger partial charge in [-0.15, -0.1) is 11.3 Å². The van der Waals surface area contributed by atoms with Crippen LogP contribution in [0.15, 0.2) is 29.2 Å². The van der Waals surface area contributed by atoms with Crippen LogP contribution in [0.2, 0.25) is 0 Å². The Balaban J connectivity index is 1.72. The fourth-order valence-corrected chi connectivity index (χ4v) is 6.22. The second-order valence-electron chi connectivity index (χ2n) is 7.52. The molecule has 3 rings (SSSR count). The minimum atomic E-state index is -3.63. The summed E-state index contributed by atoms with van der Waals surface area (Å²) >= 11 is 1.36. The minimum Gasteiger partial charge on any atom is -0.497 e. The first-order valence-corrected chi connectivity index (χ1v) is 12.9. The van der Waals surface area contributed by atoms with E-state index in [9.17, 15) is 18.0 Å². The van der Waals surface area contributed by atoms with Gasteiger partial charge in [-0.1, -0.05) is 6.92 Å². The van der Waals surface area contributed by atoms with Crippen LogP contribution in [-0.2, 0) is 32.3 Å². The number of benzene rings is 1. The molecule has 0 fully saturated rings. The highest BCUT2D eigenvalue weighted by Crippen LogP contribution is 2.37. The normalized spacial score (nSPS) is 14.0. The van der Waals surface area contributed by atoms with Crippen LogP contribution in [0.4, 0.5) is 5.00 Å². The number of ether oxygens (including phenoxy) is 2. The lowest BCUT2D eigenvalue weighted by atomic mass is 10.0. The molecular weight excluding hydrogens is 452 g/mol. The first-order valence-electron chi connectivity index (χ1n) is 10.4. The molecule has 0 spiro atoms. The third-order valence-electron chi connectivity index (χ3n) is 5.33. The molecule has 1 amide bonds. The van der Waals surface area contributed by atoms with E-state index in [1.807, 2.05) is 0 Å². The van der Waals surface area contributed by atoms with Crippen LogP contribution < -0.4 is 10.1 Å². The number of fused-ring (bicyclic) bond motifs is 1. The number of hydrogen-bond acceptors (Lipinski definition) is 8. The van der Waals surface area contributed by atoms with Crippen LogP contribution in [-0.4, -0.2) is 58.3 Å². The number of carbonyl (C=O) groups is 2. The Hall–Kier alpha value is -2.43. The maximum absolute atomic E-state index is 12.6. The minimum absolute atomic E-state index is 0.129. The maximum Gasteiger partial charge on any atom is 0.341 e. The van der Waals surface area contributed by atoms with Crippen LogP contribution in [0.5, 0.6) is 5.75 Å². The van der Waals surface area contributed by atoms with Gasteiger partial charge in [-0.2, -0.15) is 0 Å². The summed E-state index contributed by atoms with van der Waals surface area (Å²) in [6.07, 6.45) is 1.52. The predicted octanol–water partition coefficient (Wildman–Crippen LogP) is 3.11.